The van der Waals surface area contributed by atoms with Gasteiger partial charge >= 0.3 is 15.8 Å². The van der Waals surface area contributed by atoms with Crippen molar-refractivity contribution in [3.05, 3.63) is 38.4 Å². The van der Waals surface area contributed by atoms with Crippen LogP contribution in [0.25, 0.3) is 0 Å². The van der Waals surface area contributed by atoms with Gasteiger partial charge in [0, 0.05) is 6.07 Å². The van der Waals surface area contributed by atoms with Crippen molar-refractivity contribution >= 4 is 21.5 Å². The number of benzene rings is 1. The zero-order valence-electron chi connectivity index (χ0n) is 9.10. The monoisotopic (exact) mass is 276 g/mol. The summed E-state index contributed by atoms with van der Waals surface area (Å²) in [6.07, 6.45) is 0. The van der Waals surface area contributed by atoms with Crippen molar-refractivity contribution < 1.29 is 22.4 Å². The van der Waals surface area contributed by atoms with E-state index in [1.54, 1.807) is 0 Å². The van der Waals surface area contributed by atoms with Crippen molar-refractivity contribution in [1.29, 1.82) is 0 Å². The van der Waals surface area contributed by atoms with E-state index in [-0.39, 0.29) is 5.75 Å². The van der Waals surface area contributed by atoms with Gasteiger partial charge < -0.3 is 4.18 Å². The van der Waals surface area contributed by atoms with E-state index in [4.69, 9.17) is 0 Å². The molecule has 0 aliphatic rings. The summed E-state index contributed by atoms with van der Waals surface area (Å²) in [4.78, 5) is 19.4. The highest BCUT2D eigenvalue weighted by molar-refractivity contribution is 7.87. The Bertz CT molecular complexity index is 595. The first kappa shape index (κ1) is 13.8. The quantitative estimate of drug-likeness (QED) is 0.449. The van der Waals surface area contributed by atoms with Gasteiger partial charge in [-0.05, 0) is 13.0 Å². The molecule has 9 nitrogen and oxygen atoms in total. The topological polar surface area (TPSA) is 130 Å². The Hall–Kier alpha value is -2.23. The molecular weight excluding hydrogens is 268 g/mol. The maximum Gasteiger partial charge on any atom is 0.319 e. The Labute approximate surface area is 101 Å². The Morgan fingerprint density at radius 1 is 1.22 bits per heavy atom. The lowest BCUT2D eigenvalue weighted by Crippen LogP contribution is -2.12. The summed E-state index contributed by atoms with van der Waals surface area (Å²) in [5, 5.41) is 21.1. The van der Waals surface area contributed by atoms with E-state index in [0.29, 0.717) is 6.07 Å². The minimum atomic E-state index is -3.94. The molecule has 0 heterocycles. The molecule has 0 fully saturated rings. The van der Waals surface area contributed by atoms with E-state index >= 15 is 0 Å². The lowest BCUT2D eigenvalue weighted by atomic mass is 10.2. The highest BCUT2D eigenvalue weighted by Gasteiger charge is 2.24. The third-order valence-electron chi connectivity index (χ3n) is 1.92. The highest BCUT2D eigenvalue weighted by Crippen LogP contribution is 2.31. The predicted molar refractivity (Wildman–Crippen MR) is 59.8 cm³/mol. The molecule has 0 radical (unpaired) electrons. The van der Waals surface area contributed by atoms with Gasteiger partial charge in [0.1, 0.15) is 0 Å². The lowest BCUT2D eigenvalue weighted by Gasteiger charge is -2.04. The minimum Gasteiger partial charge on any atom is -0.375 e. The first-order chi connectivity index (χ1) is 8.26. The second-order valence-corrected chi connectivity index (χ2v) is 4.96. The van der Waals surface area contributed by atoms with Gasteiger partial charge in [-0.15, -0.1) is 0 Å². The van der Waals surface area contributed by atoms with Gasteiger partial charge in [0.25, 0.3) is 5.69 Å². The maximum atomic E-state index is 11.2. The molecule has 18 heavy (non-hydrogen) atoms. The summed E-state index contributed by atoms with van der Waals surface area (Å²) in [5.41, 5.74) is -1.30. The molecule has 0 aliphatic heterocycles. The number of nitro groups is 2. The fourth-order valence-corrected chi connectivity index (χ4v) is 1.56. The molecule has 0 atom stereocenters. The molecule has 1 aromatic carbocycles. The molecule has 1 aromatic rings. The summed E-state index contributed by atoms with van der Waals surface area (Å²) in [6.45, 7) is 1.30. The van der Waals surface area contributed by atoms with E-state index in [0.717, 1.165) is 12.1 Å². The van der Waals surface area contributed by atoms with Crippen LogP contribution in [-0.4, -0.2) is 24.0 Å². The molecular formula is C8H8N2O7S. The third-order valence-corrected chi connectivity index (χ3v) is 3.06. The summed E-state index contributed by atoms with van der Waals surface area (Å²) in [7, 11) is -3.94. The van der Waals surface area contributed by atoms with E-state index in [9.17, 15) is 28.6 Å². The fourth-order valence-electron chi connectivity index (χ4n) is 1.03. The van der Waals surface area contributed by atoms with Crippen LogP contribution in [0.4, 0.5) is 11.4 Å². The van der Waals surface area contributed by atoms with Crippen LogP contribution in [-0.2, 0) is 10.1 Å². The lowest BCUT2D eigenvalue weighted by molar-refractivity contribution is -0.394. The second-order valence-electron chi connectivity index (χ2n) is 3.10. The van der Waals surface area contributed by atoms with Crippen molar-refractivity contribution in [2.24, 2.45) is 0 Å². The van der Waals surface area contributed by atoms with Crippen LogP contribution in [0.2, 0.25) is 0 Å². The SMILES string of the molecule is CCS(=O)(=O)Oc1ccc([N+](=O)[O-])cc1[N+](=O)[O-]. The molecule has 1 rings (SSSR count). The number of non-ortho nitro benzene ring substituents is 1. The smallest absolute Gasteiger partial charge is 0.319 e. The average molecular weight is 276 g/mol. The van der Waals surface area contributed by atoms with E-state index in [1.807, 2.05) is 0 Å². The molecule has 0 unspecified atom stereocenters. The summed E-state index contributed by atoms with van der Waals surface area (Å²) in [5.74, 6) is -0.923. The van der Waals surface area contributed by atoms with Crippen LogP contribution >= 0.6 is 0 Å². The number of hydrogen-bond acceptors (Lipinski definition) is 7. The van der Waals surface area contributed by atoms with Gasteiger partial charge in [-0.1, -0.05) is 0 Å². The molecule has 0 aliphatic carbocycles. The fraction of sp³-hybridized carbons (Fsp3) is 0.250. The zero-order chi connectivity index (χ0) is 13.9. The van der Waals surface area contributed by atoms with Crippen molar-refractivity contribution in [1.82, 2.24) is 0 Å². The van der Waals surface area contributed by atoms with Crippen molar-refractivity contribution in [3.8, 4) is 5.75 Å². The molecule has 0 saturated heterocycles. The van der Waals surface area contributed by atoms with Gasteiger partial charge in [0.2, 0.25) is 5.75 Å². The second kappa shape index (κ2) is 4.96. The molecule has 0 spiro atoms. The average Bonchev–Trinajstić information content (AvgIpc) is 2.28. The van der Waals surface area contributed by atoms with Crippen LogP contribution in [0.5, 0.6) is 5.75 Å². The predicted octanol–water partition coefficient (Wildman–Crippen LogP) is 1.23. The Balaban J connectivity index is 3.29. The molecule has 0 aromatic heterocycles. The number of rotatable bonds is 5. The summed E-state index contributed by atoms with van der Waals surface area (Å²) >= 11 is 0. The molecule has 10 heteroatoms. The van der Waals surface area contributed by atoms with E-state index in [1.165, 1.54) is 6.92 Å². The maximum absolute atomic E-state index is 11.2. The number of hydrogen-bond donors (Lipinski definition) is 0. The normalized spacial score (nSPS) is 10.9. The van der Waals surface area contributed by atoms with Crippen LogP contribution in [0.3, 0.4) is 0 Å². The van der Waals surface area contributed by atoms with Gasteiger partial charge in [-0.3, -0.25) is 20.2 Å². The van der Waals surface area contributed by atoms with Crippen molar-refractivity contribution in [3.63, 3.8) is 0 Å². The third kappa shape index (κ3) is 3.13. The minimum absolute atomic E-state index is 0.374. The van der Waals surface area contributed by atoms with Gasteiger partial charge in [0.15, 0.2) is 0 Å². The van der Waals surface area contributed by atoms with Crippen LogP contribution < -0.4 is 4.18 Å². The van der Waals surface area contributed by atoms with E-state index < -0.39 is 37.1 Å². The molecule has 0 amide bonds. The van der Waals surface area contributed by atoms with Crippen LogP contribution in [0.1, 0.15) is 6.92 Å². The first-order valence-electron chi connectivity index (χ1n) is 4.62. The first-order valence-corrected chi connectivity index (χ1v) is 6.19. The standard InChI is InChI=1S/C8H8N2O7S/c1-2-18(15,16)17-8-4-3-6(9(11)12)5-7(8)10(13)14/h3-5H,2H2,1H3. The summed E-state index contributed by atoms with van der Waals surface area (Å²) < 4.78 is 26.9. The van der Waals surface area contributed by atoms with E-state index in [2.05, 4.69) is 4.18 Å². The van der Waals surface area contributed by atoms with Crippen LogP contribution in [0, 0.1) is 20.2 Å². The van der Waals surface area contributed by atoms with Gasteiger partial charge in [0.05, 0.1) is 21.7 Å². The zero-order valence-corrected chi connectivity index (χ0v) is 9.92. The number of nitrogens with zero attached hydrogens (tertiary/aromatic N) is 2. The molecule has 0 bridgehead atoms. The van der Waals surface area contributed by atoms with Gasteiger partial charge in [-0.25, -0.2) is 0 Å². The Morgan fingerprint density at radius 2 is 1.83 bits per heavy atom. The Kier molecular flexibility index (Phi) is 3.81. The molecule has 0 N–H and O–H groups in total. The number of nitro benzene ring substituents is 2. The summed E-state index contributed by atoms with van der Waals surface area (Å²) in [6, 6.07) is 2.44. The molecule has 98 valence electrons. The molecule has 0 saturated carbocycles. The highest BCUT2D eigenvalue weighted by atomic mass is 32.2. The largest absolute Gasteiger partial charge is 0.375 e. The van der Waals surface area contributed by atoms with Crippen molar-refractivity contribution in [2.45, 2.75) is 6.92 Å². The Morgan fingerprint density at radius 3 is 2.28 bits per heavy atom. The van der Waals surface area contributed by atoms with Gasteiger partial charge in [-0.2, -0.15) is 8.42 Å². The van der Waals surface area contributed by atoms with Crippen molar-refractivity contribution in [2.75, 3.05) is 5.75 Å². The van der Waals surface area contributed by atoms with Crippen LogP contribution in [0.15, 0.2) is 18.2 Å².